The van der Waals surface area contributed by atoms with E-state index >= 15 is 0 Å². The number of benzene rings is 2. The van der Waals surface area contributed by atoms with Crippen LogP contribution in [0.15, 0.2) is 48.7 Å². The van der Waals surface area contributed by atoms with Crippen LogP contribution >= 0.6 is 0 Å². The lowest BCUT2D eigenvalue weighted by molar-refractivity contribution is -0.138. The highest BCUT2D eigenvalue weighted by atomic mass is 16.4. The van der Waals surface area contributed by atoms with Gasteiger partial charge in [-0.1, -0.05) is 18.2 Å². The molecule has 0 aliphatic rings. The molecule has 1 aromatic heterocycles. The summed E-state index contributed by atoms with van der Waals surface area (Å²) in [5.74, 6) is -1.02. The van der Waals surface area contributed by atoms with Crippen molar-refractivity contribution in [3.8, 4) is 11.8 Å². The molecule has 1 heterocycles. The van der Waals surface area contributed by atoms with E-state index in [1.165, 1.54) is 0 Å². The van der Waals surface area contributed by atoms with E-state index in [1.807, 2.05) is 36.4 Å². The van der Waals surface area contributed by atoms with Crippen molar-refractivity contribution in [1.29, 1.82) is 5.26 Å². The fraction of sp³-hybridized carbons (Fsp3) is 0.118. The number of carbonyl (C=O) groups is 1. The van der Waals surface area contributed by atoms with Crippen LogP contribution in [0.3, 0.4) is 0 Å². The van der Waals surface area contributed by atoms with Crippen LogP contribution in [0.4, 0.5) is 0 Å². The number of hydrogen-bond donors (Lipinski definition) is 2. The Morgan fingerprint density at radius 1 is 1.30 bits per heavy atom. The predicted octanol–water partition coefficient (Wildman–Crippen LogP) is 1.85. The molecule has 114 valence electrons. The highest BCUT2D eigenvalue weighted by Crippen LogP contribution is 2.21. The molecule has 0 fully saturated rings. The van der Waals surface area contributed by atoms with Crippen molar-refractivity contribution in [3.05, 3.63) is 59.8 Å². The maximum atomic E-state index is 10.8. The molecule has 3 rings (SSSR count). The van der Waals surface area contributed by atoms with E-state index in [4.69, 9.17) is 16.1 Å². The third-order valence-corrected chi connectivity index (χ3v) is 3.69. The second-order valence-corrected chi connectivity index (χ2v) is 5.22. The van der Waals surface area contributed by atoms with Crippen molar-refractivity contribution in [1.82, 2.24) is 9.78 Å². The monoisotopic (exact) mass is 306 g/mol. The smallest absolute Gasteiger partial charge is 0.320 e. The van der Waals surface area contributed by atoms with Crippen LogP contribution in [-0.4, -0.2) is 26.9 Å². The Hall–Kier alpha value is -3.17. The number of rotatable bonds is 4. The number of fused-ring (bicyclic) bond motifs is 1. The van der Waals surface area contributed by atoms with E-state index < -0.39 is 12.0 Å². The number of nitriles is 1. The van der Waals surface area contributed by atoms with Crippen LogP contribution in [0.25, 0.3) is 16.6 Å². The zero-order valence-corrected chi connectivity index (χ0v) is 12.2. The Morgan fingerprint density at radius 2 is 2.04 bits per heavy atom. The van der Waals surface area contributed by atoms with E-state index in [0.717, 1.165) is 22.2 Å². The summed E-state index contributed by atoms with van der Waals surface area (Å²) in [6.07, 6.45) is 1.94. The number of hydrogen-bond acceptors (Lipinski definition) is 4. The van der Waals surface area contributed by atoms with E-state index in [1.54, 1.807) is 16.9 Å². The normalized spacial score (nSPS) is 12.0. The minimum atomic E-state index is -1.02. The summed E-state index contributed by atoms with van der Waals surface area (Å²) in [4.78, 5) is 10.8. The molecule has 0 aliphatic carbocycles. The maximum absolute atomic E-state index is 10.8. The van der Waals surface area contributed by atoms with Gasteiger partial charge in [0.05, 0.1) is 29.0 Å². The second-order valence-electron chi connectivity index (χ2n) is 5.22. The lowest BCUT2D eigenvalue weighted by Gasteiger charge is -2.08. The average molecular weight is 306 g/mol. The molecule has 0 unspecified atom stereocenters. The van der Waals surface area contributed by atoms with Crippen LogP contribution < -0.4 is 5.73 Å². The molecule has 0 amide bonds. The van der Waals surface area contributed by atoms with Crippen molar-refractivity contribution < 1.29 is 9.90 Å². The lowest BCUT2D eigenvalue weighted by atomic mass is 10.1. The molecule has 23 heavy (non-hydrogen) atoms. The van der Waals surface area contributed by atoms with E-state index in [2.05, 4.69) is 11.2 Å². The van der Waals surface area contributed by atoms with Gasteiger partial charge in [0.15, 0.2) is 0 Å². The molecule has 0 saturated heterocycles. The van der Waals surface area contributed by atoms with E-state index in [9.17, 15) is 4.79 Å². The standard InChI is InChI=1S/C17H14N4O2/c18-9-12-2-1-3-16-14(12)10-20-21(16)13-6-4-11(5-7-13)8-15(19)17(22)23/h1-7,10,15H,8,19H2,(H,22,23)/t15-/m0/s1. The van der Waals surface area contributed by atoms with Crippen molar-refractivity contribution in [2.75, 3.05) is 0 Å². The van der Waals surface area contributed by atoms with Gasteiger partial charge in [0.2, 0.25) is 0 Å². The third kappa shape index (κ3) is 2.78. The first-order chi connectivity index (χ1) is 11.1. The average Bonchev–Trinajstić information content (AvgIpc) is 2.99. The Labute approximate surface area is 132 Å². The third-order valence-electron chi connectivity index (χ3n) is 3.69. The van der Waals surface area contributed by atoms with Crippen LogP contribution in [0.5, 0.6) is 0 Å². The van der Waals surface area contributed by atoms with Crippen molar-refractivity contribution in [2.24, 2.45) is 5.73 Å². The number of nitrogens with zero attached hydrogens (tertiary/aromatic N) is 3. The molecule has 0 saturated carbocycles. The molecule has 3 N–H and O–H groups in total. The van der Waals surface area contributed by atoms with Crippen LogP contribution in [0, 0.1) is 11.3 Å². The fourth-order valence-electron chi connectivity index (χ4n) is 2.47. The van der Waals surface area contributed by atoms with Crippen molar-refractivity contribution >= 4 is 16.9 Å². The summed E-state index contributed by atoms with van der Waals surface area (Å²) in [6, 6.07) is 14.1. The zero-order valence-electron chi connectivity index (χ0n) is 12.2. The first kappa shape index (κ1) is 14.8. The summed E-state index contributed by atoms with van der Waals surface area (Å²) in [5, 5.41) is 23.1. The summed E-state index contributed by atoms with van der Waals surface area (Å²) in [6.45, 7) is 0. The molecule has 6 nitrogen and oxygen atoms in total. The SMILES string of the molecule is N#Cc1cccc2c1cnn2-c1ccc(C[C@H](N)C(=O)O)cc1. The number of carboxylic acid groups (broad SMARTS) is 1. The highest BCUT2D eigenvalue weighted by molar-refractivity contribution is 5.85. The summed E-state index contributed by atoms with van der Waals surface area (Å²) >= 11 is 0. The minimum Gasteiger partial charge on any atom is -0.480 e. The molecule has 0 bridgehead atoms. The summed E-state index contributed by atoms with van der Waals surface area (Å²) in [7, 11) is 0. The van der Waals surface area contributed by atoms with Crippen LogP contribution in [-0.2, 0) is 11.2 Å². The number of carboxylic acids is 1. The van der Waals surface area contributed by atoms with Gasteiger partial charge in [0.25, 0.3) is 0 Å². The Balaban J connectivity index is 1.94. The Bertz CT molecular complexity index is 906. The van der Waals surface area contributed by atoms with Crippen molar-refractivity contribution in [2.45, 2.75) is 12.5 Å². The first-order valence-electron chi connectivity index (χ1n) is 7.04. The molecular formula is C17H14N4O2. The van der Waals surface area contributed by atoms with Gasteiger partial charge < -0.3 is 10.8 Å². The van der Waals surface area contributed by atoms with Gasteiger partial charge in [-0.3, -0.25) is 4.79 Å². The minimum absolute atomic E-state index is 0.272. The predicted molar refractivity (Wildman–Crippen MR) is 85.1 cm³/mol. The van der Waals surface area contributed by atoms with Gasteiger partial charge in [-0.2, -0.15) is 10.4 Å². The number of aliphatic carboxylic acids is 1. The topological polar surface area (TPSA) is 105 Å². The van der Waals surface area contributed by atoms with E-state index in [-0.39, 0.29) is 6.42 Å². The molecule has 0 radical (unpaired) electrons. The molecule has 1 atom stereocenters. The second kappa shape index (κ2) is 5.91. The maximum Gasteiger partial charge on any atom is 0.320 e. The molecule has 0 spiro atoms. The Kier molecular flexibility index (Phi) is 3.79. The highest BCUT2D eigenvalue weighted by Gasteiger charge is 2.12. The largest absolute Gasteiger partial charge is 0.480 e. The molecule has 2 aromatic carbocycles. The van der Waals surface area contributed by atoms with Gasteiger partial charge >= 0.3 is 5.97 Å². The van der Waals surface area contributed by atoms with Gasteiger partial charge in [-0.25, -0.2) is 4.68 Å². The summed E-state index contributed by atoms with van der Waals surface area (Å²) in [5.41, 5.74) is 8.65. The van der Waals surface area contributed by atoms with Crippen LogP contribution in [0.2, 0.25) is 0 Å². The van der Waals surface area contributed by atoms with Crippen LogP contribution in [0.1, 0.15) is 11.1 Å². The quantitative estimate of drug-likeness (QED) is 0.765. The first-order valence-corrected chi connectivity index (χ1v) is 7.04. The zero-order chi connectivity index (χ0) is 16.4. The van der Waals surface area contributed by atoms with Crippen molar-refractivity contribution in [3.63, 3.8) is 0 Å². The van der Waals surface area contributed by atoms with E-state index in [0.29, 0.717) is 5.56 Å². The van der Waals surface area contributed by atoms with Gasteiger partial charge in [0, 0.05) is 5.39 Å². The fourth-order valence-corrected chi connectivity index (χ4v) is 2.47. The lowest BCUT2D eigenvalue weighted by Crippen LogP contribution is -2.32. The Morgan fingerprint density at radius 3 is 2.70 bits per heavy atom. The number of nitrogens with two attached hydrogens (primary N) is 1. The van der Waals surface area contributed by atoms with Gasteiger partial charge in [-0.05, 0) is 36.2 Å². The summed E-state index contributed by atoms with van der Waals surface area (Å²) < 4.78 is 1.75. The molecular weight excluding hydrogens is 292 g/mol. The molecule has 0 aliphatic heterocycles. The number of aromatic nitrogens is 2. The van der Waals surface area contributed by atoms with Gasteiger partial charge in [0.1, 0.15) is 6.04 Å². The molecule has 3 aromatic rings. The molecule has 6 heteroatoms. The van der Waals surface area contributed by atoms with Gasteiger partial charge in [-0.15, -0.1) is 0 Å².